The van der Waals surface area contributed by atoms with Gasteiger partial charge in [0.2, 0.25) is 0 Å². The van der Waals surface area contributed by atoms with Crippen molar-refractivity contribution in [2.24, 2.45) is 0 Å². The summed E-state index contributed by atoms with van der Waals surface area (Å²) in [5, 5.41) is 10.6. The van der Waals surface area contributed by atoms with Crippen molar-refractivity contribution in [2.45, 2.75) is 20.0 Å². The maximum absolute atomic E-state index is 10.6. The number of hydrogen-bond donors (Lipinski definition) is 1. The Labute approximate surface area is 119 Å². The Kier molecular flexibility index (Phi) is 4.30. The molecule has 2 rings (SSSR count). The molecular weight excluding hydrogens is 252 g/mol. The van der Waals surface area contributed by atoms with E-state index in [0.29, 0.717) is 11.5 Å². The van der Waals surface area contributed by atoms with Crippen LogP contribution in [-0.2, 0) is 0 Å². The van der Waals surface area contributed by atoms with Crippen molar-refractivity contribution in [3.8, 4) is 11.5 Å². The van der Waals surface area contributed by atoms with Crippen LogP contribution in [0.15, 0.2) is 36.4 Å². The van der Waals surface area contributed by atoms with Crippen LogP contribution in [0.3, 0.4) is 0 Å². The molecule has 0 amide bonds. The molecular formula is C17H20O3. The van der Waals surface area contributed by atoms with Gasteiger partial charge >= 0.3 is 0 Å². The average molecular weight is 272 g/mol. The van der Waals surface area contributed by atoms with E-state index in [2.05, 4.69) is 6.07 Å². The summed E-state index contributed by atoms with van der Waals surface area (Å²) in [6, 6.07) is 11.5. The molecule has 0 radical (unpaired) electrons. The number of aryl methyl sites for hydroxylation is 2. The molecule has 0 aliphatic carbocycles. The fourth-order valence-corrected chi connectivity index (χ4v) is 2.39. The van der Waals surface area contributed by atoms with Crippen molar-refractivity contribution in [3.63, 3.8) is 0 Å². The van der Waals surface area contributed by atoms with E-state index in [0.717, 1.165) is 22.3 Å². The Morgan fingerprint density at radius 2 is 1.55 bits per heavy atom. The Balaban J connectivity index is 2.44. The van der Waals surface area contributed by atoms with E-state index in [1.807, 2.05) is 38.1 Å². The summed E-state index contributed by atoms with van der Waals surface area (Å²) in [6.45, 7) is 4.04. The maximum atomic E-state index is 10.6. The normalized spacial score (nSPS) is 12.1. The third-order valence-electron chi connectivity index (χ3n) is 3.29. The van der Waals surface area contributed by atoms with Crippen molar-refractivity contribution in [3.05, 3.63) is 58.7 Å². The Morgan fingerprint density at radius 1 is 0.900 bits per heavy atom. The molecule has 2 aromatic rings. The van der Waals surface area contributed by atoms with Gasteiger partial charge in [0.05, 0.1) is 14.2 Å². The van der Waals surface area contributed by atoms with Gasteiger partial charge in [0, 0.05) is 11.6 Å². The highest BCUT2D eigenvalue weighted by molar-refractivity contribution is 5.46. The zero-order valence-corrected chi connectivity index (χ0v) is 12.3. The largest absolute Gasteiger partial charge is 0.497 e. The van der Waals surface area contributed by atoms with E-state index in [1.165, 1.54) is 0 Å². The molecule has 20 heavy (non-hydrogen) atoms. The smallest absolute Gasteiger partial charge is 0.128 e. The van der Waals surface area contributed by atoms with E-state index in [9.17, 15) is 5.11 Å². The van der Waals surface area contributed by atoms with E-state index in [4.69, 9.17) is 9.47 Å². The highest BCUT2D eigenvalue weighted by atomic mass is 16.5. The van der Waals surface area contributed by atoms with Crippen molar-refractivity contribution < 1.29 is 14.6 Å². The van der Waals surface area contributed by atoms with Gasteiger partial charge in [-0.15, -0.1) is 0 Å². The first-order valence-corrected chi connectivity index (χ1v) is 6.53. The molecule has 0 saturated carbocycles. The SMILES string of the molecule is COc1ccc(C(O)c2cc(C)cc(C)c2)c(OC)c1. The van der Waals surface area contributed by atoms with Gasteiger partial charge in [0.15, 0.2) is 0 Å². The monoisotopic (exact) mass is 272 g/mol. The summed E-state index contributed by atoms with van der Waals surface area (Å²) in [6.07, 6.45) is -0.713. The summed E-state index contributed by atoms with van der Waals surface area (Å²) in [5.74, 6) is 1.33. The van der Waals surface area contributed by atoms with Crippen LogP contribution in [0, 0.1) is 13.8 Å². The number of aliphatic hydroxyl groups excluding tert-OH is 1. The molecule has 0 aliphatic heterocycles. The molecule has 0 heterocycles. The van der Waals surface area contributed by atoms with Crippen molar-refractivity contribution in [1.29, 1.82) is 0 Å². The number of aliphatic hydroxyl groups is 1. The van der Waals surface area contributed by atoms with Gasteiger partial charge in [-0.25, -0.2) is 0 Å². The molecule has 0 aliphatic rings. The quantitative estimate of drug-likeness (QED) is 0.927. The number of hydrogen-bond acceptors (Lipinski definition) is 3. The maximum Gasteiger partial charge on any atom is 0.128 e. The Hall–Kier alpha value is -2.00. The van der Waals surface area contributed by atoms with Crippen LogP contribution in [0.1, 0.15) is 28.4 Å². The van der Waals surface area contributed by atoms with Crippen LogP contribution in [0.5, 0.6) is 11.5 Å². The number of benzene rings is 2. The molecule has 0 spiro atoms. The van der Waals surface area contributed by atoms with Crippen LogP contribution < -0.4 is 9.47 Å². The molecule has 1 N–H and O–H groups in total. The lowest BCUT2D eigenvalue weighted by atomic mass is 9.97. The number of methoxy groups -OCH3 is 2. The first kappa shape index (κ1) is 14.4. The summed E-state index contributed by atoms with van der Waals surface area (Å²) in [4.78, 5) is 0. The molecule has 0 bridgehead atoms. The zero-order valence-electron chi connectivity index (χ0n) is 12.3. The Bertz CT molecular complexity index is 585. The second-order valence-corrected chi connectivity index (χ2v) is 4.93. The summed E-state index contributed by atoms with van der Waals surface area (Å²) in [5.41, 5.74) is 3.86. The zero-order chi connectivity index (χ0) is 14.7. The second-order valence-electron chi connectivity index (χ2n) is 4.93. The minimum Gasteiger partial charge on any atom is -0.497 e. The van der Waals surface area contributed by atoms with Gasteiger partial charge in [0.1, 0.15) is 17.6 Å². The summed E-state index contributed by atoms with van der Waals surface area (Å²) in [7, 11) is 3.20. The molecule has 1 atom stereocenters. The second kappa shape index (κ2) is 5.97. The molecule has 1 unspecified atom stereocenters. The lowest BCUT2D eigenvalue weighted by Crippen LogP contribution is -2.03. The van der Waals surface area contributed by atoms with Crippen LogP contribution in [0.25, 0.3) is 0 Å². The van der Waals surface area contributed by atoms with E-state index >= 15 is 0 Å². The fraction of sp³-hybridized carbons (Fsp3) is 0.294. The third kappa shape index (κ3) is 2.94. The van der Waals surface area contributed by atoms with Gasteiger partial charge in [-0.3, -0.25) is 0 Å². The molecule has 2 aromatic carbocycles. The highest BCUT2D eigenvalue weighted by Gasteiger charge is 2.16. The standard InChI is InChI=1S/C17H20O3/c1-11-7-12(2)9-13(8-11)17(18)15-6-5-14(19-3)10-16(15)20-4/h5-10,17-18H,1-4H3. The number of rotatable bonds is 4. The van der Waals surface area contributed by atoms with E-state index in [1.54, 1.807) is 20.3 Å². The minimum atomic E-state index is -0.713. The molecule has 0 fully saturated rings. The summed E-state index contributed by atoms with van der Waals surface area (Å²) < 4.78 is 10.5. The van der Waals surface area contributed by atoms with Crippen molar-refractivity contribution in [1.82, 2.24) is 0 Å². The van der Waals surface area contributed by atoms with Crippen molar-refractivity contribution in [2.75, 3.05) is 14.2 Å². The first-order chi connectivity index (χ1) is 9.55. The van der Waals surface area contributed by atoms with Gasteiger partial charge in [-0.05, 0) is 31.5 Å². The third-order valence-corrected chi connectivity index (χ3v) is 3.29. The predicted octanol–water partition coefficient (Wildman–Crippen LogP) is 3.40. The van der Waals surface area contributed by atoms with Crippen molar-refractivity contribution >= 4 is 0 Å². The van der Waals surface area contributed by atoms with Crippen LogP contribution in [0.2, 0.25) is 0 Å². The fourth-order valence-electron chi connectivity index (χ4n) is 2.39. The lowest BCUT2D eigenvalue weighted by Gasteiger charge is -2.17. The molecule has 0 saturated heterocycles. The van der Waals surface area contributed by atoms with Gasteiger partial charge in [-0.2, -0.15) is 0 Å². The topological polar surface area (TPSA) is 38.7 Å². The van der Waals surface area contributed by atoms with Crippen LogP contribution in [-0.4, -0.2) is 19.3 Å². The molecule has 3 nitrogen and oxygen atoms in total. The predicted molar refractivity (Wildman–Crippen MR) is 79.5 cm³/mol. The number of ether oxygens (including phenoxy) is 2. The average Bonchev–Trinajstić information content (AvgIpc) is 2.44. The van der Waals surface area contributed by atoms with Crippen LogP contribution >= 0.6 is 0 Å². The minimum absolute atomic E-state index is 0.621. The van der Waals surface area contributed by atoms with E-state index in [-0.39, 0.29) is 0 Å². The molecule has 3 heteroatoms. The first-order valence-electron chi connectivity index (χ1n) is 6.53. The van der Waals surface area contributed by atoms with Gasteiger partial charge in [0.25, 0.3) is 0 Å². The van der Waals surface area contributed by atoms with E-state index < -0.39 is 6.10 Å². The summed E-state index contributed by atoms with van der Waals surface area (Å²) >= 11 is 0. The highest BCUT2D eigenvalue weighted by Crippen LogP contribution is 2.33. The molecule has 0 aromatic heterocycles. The molecule has 106 valence electrons. The van der Waals surface area contributed by atoms with Crippen LogP contribution in [0.4, 0.5) is 0 Å². The lowest BCUT2D eigenvalue weighted by molar-refractivity contribution is 0.214. The Morgan fingerprint density at radius 3 is 2.10 bits per heavy atom. The van der Waals surface area contributed by atoms with Gasteiger partial charge in [-0.1, -0.05) is 29.3 Å². The van der Waals surface area contributed by atoms with Gasteiger partial charge < -0.3 is 14.6 Å².